The van der Waals surface area contributed by atoms with E-state index in [1.165, 1.54) is 21.8 Å². The quantitative estimate of drug-likeness (QED) is 0.744. The first-order valence-electron chi connectivity index (χ1n) is 10.2. The molecule has 2 aromatic rings. The van der Waals surface area contributed by atoms with Gasteiger partial charge in [-0.25, -0.2) is 4.98 Å². The van der Waals surface area contributed by atoms with E-state index in [-0.39, 0.29) is 42.5 Å². The van der Waals surface area contributed by atoms with Crippen molar-refractivity contribution in [2.75, 3.05) is 11.9 Å². The van der Waals surface area contributed by atoms with E-state index < -0.39 is 0 Å². The van der Waals surface area contributed by atoms with Gasteiger partial charge in [0.25, 0.3) is 0 Å². The Morgan fingerprint density at radius 3 is 2.48 bits per heavy atom. The van der Waals surface area contributed by atoms with Gasteiger partial charge in [-0.15, -0.1) is 11.3 Å². The van der Waals surface area contributed by atoms with Gasteiger partial charge in [0, 0.05) is 30.5 Å². The summed E-state index contributed by atoms with van der Waals surface area (Å²) >= 11 is 1.45. The molecule has 4 atom stereocenters. The largest absolute Gasteiger partial charge is 0.302 e. The summed E-state index contributed by atoms with van der Waals surface area (Å²) in [5.41, 5.74) is 1.19. The summed E-state index contributed by atoms with van der Waals surface area (Å²) in [6, 6.07) is 10.1. The Labute approximate surface area is 173 Å². The van der Waals surface area contributed by atoms with Gasteiger partial charge in [0.15, 0.2) is 5.13 Å². The molecule has 29 heavy (non-hydrogen) atoms. The van der Waals surface area contributed by atoms with E-state index in [1.807, 2.05) is 18.2 Å². The van der Waals surface area contributed by atoms with Crippen LogP contribution in [0, 0.1) is 23.7 Å². The van der Waals surface area contributed by atoms with Gasteiger partial charge in [0.2, 0.25) is 17.7 Å². The number of benzene rings is 1. The maximum atomic E-state index is 12.7. The molecule has 3 aliphatic rings. The molecule has 3 fully saturated rings. The fourth-order valence-corrected chi connectivity index (χ4v) is 6.19. The summed E-state index contributed by atoms with van der Waals surface area (Å²) < 4.78 is 0. The van der Waals surface area contributed by atoms with Crippen molar-refractivity contribution in [1.29, 1.82) is 0 Å². The molecule has 1 saturated heterocycles. The number of anilines is 1. The number of nitrogens with zero attached hydrogens (tertiary/aromatic N) is 2. The first kappa shape index (κ1) is 18.5. The number of rotatable bonds is 6. The Morgan fingerprint density at radius 2 is 1.79 bits per heavy atom. The summed E-state index contributed by atoms with van der Waals surface area (Å²) in [6.45, 7) is 0.165. The van der Waals surface area contributed by atoms with Crippen LogP contribution >= 0.6 is 11.3 Å². The Kier molecular flexibility index (Phi) is 4.70. The fraction of sp³-hybridized carbons (Fsp3) is 0.455. The van der Waals surface area contributed by atoms with Crippen molar-refractivity contribution >= 4 is 34.2 Å². The van der Waals surface area contributed by atoms with Crippen LogP contribution in [-0.2, 0) is 20.8 Å². The van der Waals surface area contributed by atoms with Crippen LogP contribution in [0.5, 0.6) is 0 Å². The van der Waals surface area contributed by atoms with Crippen molar-refractivity contribution in [3.63, 3.8) is 0 Å². The van der Waals surface area contributed by atoms with Crippen LogP contribution in [0.4, 0.5) is 5.13 Å². The minimum atomic E-state index is -0.216. The van der Waals surface area contributed by atoms with Gasteiger partial charge in [-0.1, -0.05) is 30.3 Å². The second kappa shape index (κ2) is 7.37. The van der Waals surface area contributed by atoms with Crippen LogP contribution in [0.15, 0.2) is 36.5 Å². The molecule has 2 aliphatic carbocycles. The number of carbonyl (C=O) groups excluding carboxylic acids is 3. The van der Waals surface area contributed by atoms with Crippen LogP contribution in [0.3, 0.4) is 0 Å². The number of aromatic nitrogens is 1. The summed E-state index contributed by atoms with van der Waals surface area (Å²) in [5.74, 6) is 0.176. The molecule has 7 heteroatoms. The van der Waals surface area contributed by atoms with E-state index in [1.54, 1.807) is 6.20 Å². The third-order valence-corrected chi connectivity index (χ3v) is 7.52. The van der Waals surface area contributed by atoms with Gasteiger partial charge < -0.3 is 5.32 Å². The van der Waals surface area contributed by atoms with Crippen molar-refractivity contribution < 1.29 is 14.4 Å². The first-order chi connectivity index (χ1) is 14.1. The van der Waals surface area contributed by atoms with Gasteiger partial charge in [0.05, 0.1) is 11.8 Å². The van der Waals surface area contributed by atoms with Crippen LogP contribution in [0.1, 0.15) is 36.1 Å². The molecule has 2 heterocycles. The number of likely N-dealkylation sites (tertiary alicyclic amines) is 1. The highest BCUT2D eigenvalue weighted by atomic mass is 32.1. The van der Waals surface area contributed by atoms with Gasteiger partial charge in [0.1, 0.15) is 0 Å². The minimum Gasteiger partial charge on any atom is -0.302 e. The van der Waals surface area contributed by atoms with E-state index in [0.29, 0.717) is 17.0 Å². The van der Waals surface area contributed by atoms with Crippen molar-refractivity contribution in [3.05, 3.63) is 47.0 Å². The van der Waals surface area contributed by atoms with Crippen molar-refractivity contribution in [2.24, 2.45) is 23.7 Å². The number of fused-ring (bicyclic) bond motifs is 5. The smallest absolute Gasteiger partial charge is 0.233 e. The standard InChI is InChI=1S/C22H23N3O3S/c26-17(24-22-23-12-16(29-22)10-13-4-2-1-3-5-13)8-9-25-20(27)18-14-6-7-15(11-14)19(18)21(25)28/h1-5,12,14-15,18-19H,6-11H2,(H,23,24,26)/t14-,15-,18-,19-/m0/s1. The van der Waals surface area contributed by atoms with Crippen molar-refractivity contribution in [2.45, 2.75) is 32.1 Å². The predicted molar refractivity (Wildman–Crippen MR) is 109 cm³/mol. The van der Waals surface area contributed by atoms with E-state index in [2.05, 4.69) is 22.4 Å². The molecule has 2 saturated carbocycles. The topological polar surface area (TPSA) is 79.4 Å². The molecule has 150 valence electrons. The van der Waals surface area contributed by atoms with Gasteiger partial charge in [-0.05, 0) is 36.7 Å². The first-order valence-corrected chi connectivity index (χ1v) is 11.1. The van der Waals surface area contributed by atoms with Crippen LogP contribution < -0.4 is 5.32 Å². The second-order valence-corrected chi connectivity index (χ2v) is 9.42. The van der Waals surface area contributed by atoms with Crippen LogP contribution in [0.2, 0.25) is 0 Å². The third-order valence-electron chi connectivity index (χ3n) is 6.60. The maximum Gasteiger partial charge on any atom is 0.233 e. The molecule has 1 aromatic heterocycles. The number of carbonyl (C=O) groups is 3. The summed E-state index contributed by atoms with van der Waals surface area (Å²) in [5, 5.41) is 3.35. The third kappa shape index (κ3) is 3.37. The van der Waals surface area contributed by atoms with Crippen molar-refractivity contribution in [1.82, 2.24) is 9.88 Å². The Bertz CT molecular complexity index is 929. The number of imide groups is 1. The minimum absolute atomic E-state index is 0.0561. The zero-order valence-electron chi connectivity index (χ0n) is 16.0. The molecule has 5 rings (SSSR count). The Morgan fingerprint density at radius 1 is 1.10 bits per heavy atom. The molecule has 0 radical (unpaired) electrons. The molecule has 2 bridgehead atoms. The predicted octanol–water partition coefficient (Wildman–Crippen LogP) is 3.09. The monoisotopic (exact) mass is 409 g/mol. The number of hydrogen-bond donors (Lipinski definition) is 1. The average Bonchev–Trinajstić information content (AvgIpc) is 3.48. The van der Waals surface area contributed by atoms with E-state index in [4.69, 9.17) is 0 Å². The lowest BCUT2D eigenvalue weighted by Crippen LogP contribution is -2.35. The zero-order valence-corrected chi connectivity index (χ0v) is 16.9. The molecular weight excluding hydrogens is 386 g/mol. The zero-order chi connectivity index (χ0) is 20.0. The van der Waals surface area contributed by atoms with Gasteiger partial charge in [-0.2, -0.15) is 0 Å². The lowest BCUT2D eigenvalue weighted by Gasteiger charge is -2.19. The number of amides is 3. The molecule has 0 spiro atoms. The normalized spacial score (nSPS) is 27.5. The van der Waals surface area contributed by atoms with E-state index >= 15 is 0 Å². The fourth-order valence-electron chi connectivity index (χ4n) is 5.33. The molecule has 0 unspecified atom stereocenters. The van der Waals surface area contributed by atoms with Gasteiger partial charge in [-0.3, -0.25) is 19.3 Å². The van der Waals surface area contributed by atoms with Gasteiger partial charge >= 0.3 is 0 Å². The SMILES string of the molecule is O=C(CCN1C(=O)[C@H]2[C@H]3CC[C@@H](C3)[C@@H]2C1=O)Nc1ncc(Cc2ccccc2)s1. The summed E-state index contributed by atoms with van der Waals surface area (Å²) in [4.78, 5) is 44.4. The van der Waals surface area contributed by atoms with Crippen LogP contribution in [-0.4, -0.2) is 34.2 Å². The van der Waals surface area contributed by atoms with E-state index in [0.717, 1.165) is 30.6 Å². The number of thiazole rings is 1. The second-order valence-electron chi connectivity index (χ2n) is 8.31. The number of nitrogens with one attached hydrogen (secondary N) is 1. The molecule has 1 aromatic carbocycles. The number of hydrogen-bond acceptors (Lipinski definition) is 5. The highest BCUT2D eigenvalue weighted by molar-refractivity contribution is 7.15. The summed E-state index contributed by atoms with van der Waals surface area (Å²) in [7, 11) is 0. The lowest BCUT2D eigenvalue weighted by molar-refractivity contribution is -0.140. The Hall–Kier alpha value is -2.54. The molecule has 6 nitrogen and oxygen atoms in total. The molecular formula is C22H23N3O3S. The van der Waals surface area contributed by atoms with E-state index in [9.17, 15) is 14.4 Å². The maximum absolute atomic E-state index is 12.7. The Balaban J connectivity index is 1.15. The highest BCUT2D eigenvalue weighted by Gasteiger charge is 2.60. The average molecular weight is 410 g/mol. The van der Waals surface area contributed by atoms with Crippen LogP contribution in [0.25, 0.3) is 0 Å². The van der Waals surface area contributed by atoms with Crippen molar-refractivity contribution in [3.8, 4) is 0 Å². The lowest BCUT2D eigenvalue weighted by atomic mass is 9.81. The summed E-state index contributed by atoms with van der Waals surface area (Å²) in [6.07, 6.45) is 5.81. The molecule has 1 aliphatic heterocycles. The molecule has 1 N–H and O–H groups in total. The molecule has 3 amide bonds. The highest BCUT2D eigenvalue weighted by Crippen LogP contribution is 2.56.